The van der Waals surface area contributed by atoms with E-state index in [1.54, 1.807) is 0 Å². The van der Waals surface area contributed by atoms with Gasteiger partial charge in [-0.25, -0.2) is 4.79 Å². The first-order valence-electron chi connectivity index (χ1n) is 9.76. The van der Waals surface area contributed by atoms with Crippen LogP contribution in [0.15, 0.2) is 11.5 Å². The number of allylic oxidation sites excluding steroid dienone is 1. The van der Waals surface area contributed by atoms with Crippen LogP contribution in [0.3, 0.4) is 0 Å². The van der Waals surface area contributed by atoms with Crippen LogP contribution >= 0.6 is 0 Å². The van der Waals surface area contributed by atoms with Gasteiger partial charge in [-0.2, -0.15) is 0 Å². The minimum atomic E-state index is -0.544. The van der Waals surface area contributed by atoms with Crippen LogP contribution < -0.4 is 0 Å². The molecule has 0 aromatic heterocycles. The first kappa shape index (κ1) is 20.1. The van der Waals surface area contributed by atoms with Crippen molar-refractivity contribution in [3.05, 3.63) is 11.5 Å². The van der Waals surface area contributed by atoms with Gasteiger partial charge in [0, 0.05) is 5.57 Å². The lowest BCUT2D eigenvalue weighted by Gasteiger charge is -2.24. The summed E-state index contributed by atoms with van der Waals surface area (Å²) >= 11 is 0. The SMILES string of the molecule is CCCCC(CC)CCC(CC(CC)CCCC)=C1OC(=O)O1. The van der Waals surface area contributed by atoms with Gasteiger partial charge in [-0.3, -0.25) is 0 Å². The average molecular weight is 325 g/mol. The van der Waals surface area contributed by atoms with Crippen molar-refractivity contribution in [2.45, 2.75) is 98.3 Å². The Balaban J connectivity index is 2.59. The Morgan fingerprint density at radius 3 is 1.91 bits per heavy atom. The second-order valence-corrected chi connectivity index (χ2v) is 6.92. The molecule has 0 aromatic carbocycles. The van der Waals surface area contributed by atoms with E-state index in [9.17, 15) is 4.79 Å². The molecule has 134 valence electrons. The van der Waals surface area contributed by atoms with Crippen molar-refractivity contribution in [2.24, 2.45) is 11.8 Å². The molecule has 0 radical (unpaired) electrons. The normalized spacial score (nSPS) is 16.3. The minimum absolute atomic E-state index is 0.510. The molecule has 0 aromatic rings. The van der Waals surface area contributed by atoms with Gasteiger partial charge in [0.1, 0.15) is 0 Å². The van der Waals surface area contributed by atoms with E-state index in [1.165, 1.54) is 63.4 Å². The molecule has 2 unspecified atom stereocenters. The van der Waals surface area contributed by atoms with Gasteiger partial charge in [0.2, 0.25) is 0 Å². The Hall–Kier alpha value is -0.990. The number of hydrogen-bond donors (Lipinski definition) is 0. The van der Waals surface area contributed by atoms with Gasteiger partial charge in [0.05, 0.1) is 0 Å². The molecule has 23 heavy (non-hydrogen) atoms. The summed E-state index contributed by atoms with van der Waals surface area (Å²) in [7, 11) is 0. The van der Waals surface area contributed by atoms with Gasteiger partial charge in [0.15, 0.2) is 0 Å². The molecule has 1 saturated heterocycles. The van der Waals surface area contributed by atoms with Crippen molar-refractivity contribution >= 4 is 6.16 Å². The molecule has 0 N–H and O–H groups in total. The van der Waals surface area contributed by atoms with Crippen LogP contribution in [-0.2, 0) is 9.47 Å². The number of ether oxygens (including phenoxy) is 2. The van der Waals surface area contributed by atoms with E-state index in [0.29, 0.717) is 11.9 Å². The molecule has 1 rings (SSSR count). The van der Waals surface area contributed by atoms with Crippen LogP contribution in [0.1, 0.15) is 98.3 Å². The quantitative estimate of drug-likeness (QED) is 0.343. The number of carbonyl (C=O) groups is 1. The van der Waals surface area contributed by atoms with Gasteiger partial charge in [-0.1, -0.05) is 79.1 Å². The highest BCUT2D eigenvalue weighted by Gasteiger charge is 2.29. The largest absolute Gasteiger partial charge is 0.524 e. The molecular weight excluding hydrogens is 288 g/mol. The van der Waals surface area contributed by atoms with E-state index in [2.05, 4.69) is 27.7 Å². The highest BCUT2D eigenvalue weighted by atomic mass is 16.9. The van der Waals surface area contributed by atoms with Gasteiger partial charge in [-0.05, 0) is 31.1 Å². The van der Waals surface area contributed by atoms with Gasteiger partial charge in [0.25, 0.3) is 5.95 Å². The maximum atomic E-state index is 11.0. The molecule has 0 amide bonds. The smallest absolute Gasteiger partial charge is 0.360 e. The fourth-order valence-corrected chi connectivity index (χ4v) is 3.31. The number of cyclic esters (lactones) is 2. The predicted octanol–water partition coefficient (Wildman–Crippen LogP) is 6.97. The molecule has 0 saturated carbocycles. The summed E-state index contributed by atoms with van der Waals surface area (Å²) in [6, 6.07) is 0. The van der Waals surface area contributed by atoms with E-state index >= 15 is 0 Å². The Morgan fingerprint density at radius 1 is 0.870 bits per heavy atom. The standard InChI is InChI=1S/C20H36O3/c1-5-9-11-16(7-3)13-14-18(19-22-20(21)23-19)15-17(8-4)12-10-6-2/h16-17H,5-15H2,1-4H3. The third kappa shape index (κ3) is 7.41. The maximum absolute atomic E-state index is 11.0. The zero-order valence-corrected chi connectivity index (χ0v) is 15.7. The molecule has 3 heteroatoms. The molecule has 0 aliphatic carbocycles. The van der Waals surface area contributed by atoms with Crippen LogP contribution in [0, 0.1) is 11.8 Å². The second-order valence-electron chi connectivity index (χ2n) is 6.92. The predicted molar refractivity (Wildman–Crippen MR) is 95.1 cm³/mol. The summed E-state index contributed by atoms with van der Waals surface area (Å²) in [6.07, 6.45) is 12.7. The van der Waals surface area contributed by atoms with Gasteiger partial charge >= 0.3 is 6.16 Å². The van der Waals surface area contributed by atoms with E-state index in [4.69, 9.17) is 9.47 Å². The monoisotopic (exact) mass is 324 g/mol. The highest BCUT2D eigenvalue weighted by Crippen LogP contribution is 2.32. The molecule has 0 bridgehead atoms. The maximum Gasteiger partial charge on any atom is 0.524 e. The number of unbranched alkanes of at least 4 members (excludes halogenated alkanes) is 2. The van der Waals surface area contributed by atoms with E-state index < -0.39 is 6.16 Å². The third-order valence-electron chi connectivity index (χ3n) is 5.12. The summed E-state index contributed by atoms with van der Waals surface area (Å²) in [5, 5.41) is 0. The van der Waals surface area contributed by atoms with E-state index in [0.717, 1.165) is 18.8 Å². The summed E-state index contributed by atoms with van der Waals surface area (Å²) < 4.78 is 10.2. The highest BCUT2D eigenvalue weighted by molar-refractivity contribution is 5.68. The average Bonchev–Trinajstić information content (AvgIpc) is 2.54. The molecule has 3 nitrogen and oxygen atoms in total. The van der Waals surface area contributed by atoms with Crippen molar-refractivity contribution in [2.75, 3.05) is 0 Å². The molecule has 1 aliphatic rings. The van der Waals surface area contributed by atoms with Gasteiger partial charge in [-0.15, -0.1) is 0 Å². The first-order valence-corrected chi connectivity index (χ1v) is 9.76. The number of carbonyl (C=O) groups excluding carboxylic acids is 1. The first-order chi connectivity index (χ1) is 11.1. The summed E-state index contributed by atoms with van der Waals surface area (Å²) in [5.41, 5.74) is 1.22. The summed E-state index contributed by atoms with van der Waals surface area (Å²) in [5.74, 6) is 1.96. The zero-order valence-electron chi connectivity index (χ0n) is 15.7. The molecule has 2 atom stereocenters. The molecule has 1 aliphatic heterocycles. The third-order valence-corrected chi connectivity index (χ3v) is 5.12. The van der Waals surface area contributed by atoms with Crippen LogP contribution in [-0.4, -0.2) is 6.16 Å². The fraction of sp³-hybridized carbons (Fsp3) is 0.850. The van der Waals surface area contributed by atoms with E-state index in [1.807, 2.05) is 0 Å². The van der Waals surface area contributed by atoms with Crippen molar-refractivity contribution in [1.82, 2.24) is 0 Å². The van der Waals surface area contributed by atoms with Crippen LogP contribution in [0.4, 0.5) is 4.79 Å². The van der Waals surface area contributed by atoms with Crippen molar-refractivity contribution < 1.29 is 14.3 Å². The minimum Gasteiger partial charge on any atom is -0.360 e. The van der Waals surface area contributed by atoms with Crippen molar-refractivity contribution in [1.29, 1.82) is 0 Å². The molecule has 1 heterocycles. The lowest BCUT2D eigenvalue weighted by atomic mass is 9.87. The fourth-order valence-electron chi connectivity index (χ4n) is 3.31. The van der Waals surface area contributed by atoms with Crippen molar-refractivity contribution in [3.8, 4) is 0 Å². The zero-order chi connectivity index (χ0) is 17.1. The van der Waals surface area contributed by atoms with Crippen LogP contribution in [0.5, 0.6) is 0 Å². The Morgan fingerprint density at radius 2 is 1.43 bits per heavy atom. The molecular formula is C20H36O3. The second kappa shape index (κ2) is 11.5. The van der Waals surface area contributed by atoms with E-state index in [-0.39, 0.29) is 0 Å². The summed E-state index contributed by atoms with van der Waals surface area (Å²) in [4.78, 5) is 11.0. The van der Waals surface area contributed by atoms with Crippen molar-refractivity contribution in [3.63, 3.8) is 0 Å². The topological polar surface area (TPSA) is 35.5 Å². The Labute approximate surface area is 142 Å². The van der Waals surface area contributed by atoms with Crippen LogP contribution in [0.2, 0.25) is 0 Å². The lowest BCUT2D eigenvalue weighted by molar-refractivity contribution is -0.0304. The lowest BCUT2D eigenvalue weighted by Crippen LogP contribution is -2.23. The molecule has 0 spiro atoms. The van der Waals surface area contributed by atoms with Gasteiger partial charge < -0.3 is 9.47 Å². The number of hydrogen-bond acceptors (Lipinski definition) is 3. The number of rotatable bonds is 13. The van der Waals surface area contributed by atoms with Crippen LogP contribution in [0.25, 0.3) is 0 Å². The molecule has 1 fully saturated rings. The summed E-state index contributed by atoms with van der Waals surface area (Å²) in [6.45, 7) is 9.03. The Bertz CT molecular complexity index is 363. The Kier molecular flexibility index (Phi) is 10.1.